The number of rotatable bonds is 7. The van der Waals surface area contributed by atoms with Crippen LogP contribution in [0.2, 0.25) is 0 Å². The molecule has 0 spiro atoms. The second kappa shape index (κ2) is 9.63. The summed E-state index contributed by atoms with van der Waals surface area (Å²) in [6.45, 7) is 12.5. The molecule has 0 aromatic heterocycles. The number of esters is 1. The second-order valence-electron chi connectivity index (χ2n) is 12.8. The summed E-state index contributed by atoms with van der Waals surface area (Å²) in [5.41, 5.74) is 2.44. The average Bonchev–Trinajstić information content (AvgIpc) is 3.11. The molecule has 32 heavy (non-hydrogen) atoms. The van der Waals surface area contributed by atoms with Gasteiger partial charge in [-0.2, -0.15) is 0 Å². The molecular weight excluding hydrogens is 416 g/mol. The number of hydrogen-bond acceptors (Lipinski definition) is 2. The van der Waals surface area contributed by atoms with Crippen LogP contribution in [0.1, 0.15) is 105 Å². The summed E-state index contributed by atoms with van der Waals surface area (Å²) in [6, 6.07) is 0. The summed E-state index contributed by atoms with van der Waals surface area (Å²) in [7, 11) is 0. The molecule has 0 aliphatic heterocycles. The molecule has 4 aliphatic rings. The summed E-state index contributed by atoms with van der Waals surface area (Å²) in [5, 5.41) is 0. The predicted molar refractivity (Wildman–Crippen MR) is 134 cm³/mol. The molecular formula is C29H47ClO2. The van der Waals surface area contributed by atoms with Crippen molar-refractivity contribution in [2.24, 2.45) is 46.3 Å². The van der Waals surface area contributed by atoms with Crippen LogP contribution in [-0.2, 0) is 9.53 Å². The summed E-state index contributed by atoms with van der Waals surface area (Å²) in [5.74, 6) is 4.92. The zero-order chi connectivity index (χ0) is 23.1. The van der Waals surface area contributed by atoms with Crippen LogP contribution in [0.4, 0.5) is 0 Å². The highest BCUT2D eigenvalue weighted by molar-refractivity contribution is 6.26. The fourth-order valence-corrected chi connectivity index (χ4v) is 9.03. The molecule has 0 N–H and O–H groups in total. The van der Waals surface area contributed by atoms with E-state index in [-0.39, 0.29) is 18.0 Å². The zero-order valence-corrected chi connectivity index (χ0v) is 22.1. The quantitative estimate of drug-likeness (QED) is 0.216. The van der Waals surface area contributed by atoms with E-state index in [0.717, 1.165) is 48.3 Å². The number of alkyl halides is 1. The lowest BCUT2D eigenvalue weighted by atomic mass is 9.47. The van der Waals surface area contributed by atoms with Crippen molar-refractivity contribution in [3.8, 4) is 0 Å². The van der Waals surface area contributed by atoms with Crippen molar-refractivity contribution in [1.82, 2.24) is 0 Å². The van der Waals surface area contributed by atoms with Crippen LogP contribution in [0.25, 0.3) is 0 Å². The van der Waals surface area contributed by atoms with Gasteiger partial charge in [0.15, 0.2) is 0 Å². The third kappa shape index (κ3) is 4.44. The third-order valence-corrected chi connectivity index (χ3v) is 10.9. The lowest BCUT2D eigenvalue weighted by molar-refractivity contribution is -0.148. The smallest absolute Gasteiger partial charge is 0.321 e. The fourth-order valence-electron chi connectivity index (χ4n) is 8.97. The van der Waals surface area contributed by atoms with Crippen LogP contribution < -0.4 is 0 Å². The van der Waals surface area contributed by atoms with Gasteiger partial charge < -0.3 is 4.74 Å². The predicted octanol–water partition coefficient (Wildman–Crippen LogP) is 8.18. The van der Waals surface area contributed by atoms with E-state index in [1.54, 1.807) is 5.57 Å². The SMILES string of the molecule is CC(C)CCCC(C)C1CCC2C3CC=C4CC(OC(=O)CCl)CCC4(C)C3CCC12C. The minimum atomic E-state index is -0.262. The van der Waals surface area contributed by atoms with Gasteiger partial charge in [0.25, 0.3) is 0 Å². The van der Waals surface area contributed by atoms with Crippen molar-refractivity contribution in [2.75, 3.05) is 5.88 Å². The zero-order valence-electron chi connectivity index (χ0n) is 21.3. The van der Waals surface area contributed by atoms with E-state index in [1.807, 2.05) is 0 Å². The summed E-state index contributed by atoms with van der Waals surface area (Å²) in [6.07, 6.45) is 16.9. The van der Waals surface area contributed by atoms with Gasteiger partial charge >= 0.3 is 5.97 Å². The molecule has 0 aromatic rings. The van der Waals surface area contributed by atoms with Crippen molar-refractivity contribution in [3.05, 3.63) is 11.6 Å². The molecule has 0 heterocycles. The van der Waals surface area contributed by atoms with Crippen molar-refractivity contribution in [3.63, 3.8) is 0 Å². The van der Waals surface area contributed by atoms with Gasteiger partial charge in [-0.25, -0.2) is 0 Å². The Morgan fingerprint density at radius 3 is 2.59 bits per heavy atom. The molecule has 2 nitrogen and oxygen atoms in total. The Balaban J connectivity index is 1.45. The lowest BCUT2D eigenvalue weighted by Crippen LogP contribution is -2.51. The van der Waals surface area contributed by atoms with Gasteiger partial charge in [0.05, 0.1) is 0 Å². The largest absolute Gasteiger partial charge is 0.461 e. The first-order valence-corrected chi connectivity index (χ1v) is 14.2. The average molecular weight is 463 g/mol. The Morgan fingerprint density at radius 2 is 1.88 bits per heavy atom. The molecule has 3 fully saturated rings. The number of carbonyl (C=O) groups excluding carboxylic acids is 1. The molecule has 3 heteroatoms. The van der Waals surface area contributed by atoms with Gasteiger partial charge in [0.1, 0.15) is 12.0 Å². The van der Waals surface area contributed by atoms with Crippen molar-refractivity contribution in [1.29, 1.82) is 0 Å². The van der Waals surface area contributed by atoms with Gasteiger partial charge in [0.2, 0.25) is 0 Å². The number of halogens is 1. The van der Waals surface area contributed by atoms with Crippen LogP contribution in [0.3, 0.4) is 0 Å². The molecule has 0 saturated heterocycles. The second-order valence-corrected chi connectivity index (χ2v) is 13.0. The van der Waals surface area contributed by atoms with Crippen molar-refractivity contribution < 1.29 is 9.53 Å². The van der Waals surface area contributed by atoms with E-state index in [0.29, 0.717) is 10.8 Å². The van der Waals surface area contributed by atoms with Gasteiger partial charge in [0, 0.05) is 6.42 Å². The van der Waals surface area contributed by atoms with Crippen molar-refractivity contribution >= 4 is 17.6 Å². The number of carbonyl (C=O) groups is 1. The lowest BCUT2D eigenvalue weighted by Gasteiger charge is -2.58. The standard InChI is InChI=1S/C29H47ClO2/c1-19(2)7-6-8-20(3)24-11-12-25-23-10-9-21-17-22(32-27(31)18-30)13-15-28(21,4)26(23)14-16-29(24,25)5/h9,19-20,22-26H,6-8,10-18H2,1-5H3. The highest BCUT2D eigenvalue weighted by atomic mass is 35.5. The summed E-state index contributed by atoms with van der Waals surface area (Å²) >= 11 is 5.68. The van der Waals surface area contributed by atoms with E-state index in [1.165, 1.54) is 57.8 Å². The molecule has 0 bridgehead atoms. The van der Waals surface area contributed by atoms with E-state index in [2.05, 4.69) is 40.7 Å². The van der Waals surface area contributed by atoms with Gasteiger partial charge in [-0.3, -0.25) is 4.79 Å². The minimum Gasteiger partial charge on any atom is -0.461 e. The maximum absolute atomic E-state index is 11.7. The monoisotopic (exact) mass is 462 g/mol. The first-order chi connectivity index (χ1) is 15.2. The molecule has 8 unspecified atom stereocenters. The van der Waals surface area contributed by atoms with E-state index in [4.69, 9.17) is 16.3 Å². The van der Waals surface area contributed by atoms with Crippen LogP contribution >= 0.6 is 11.6 Å². The van der Waals surface area contributed by atoms with E-state index in [9.17, 15) is 4.79 Å². The Hall–Kier alpha value is -0.500. The van der Waals surface area contributed by atoms with Gasteiger partial charge in [-0.1, -0.05) is 65.5 Å². The molecule has 3 saturated carbocycles. The Morgan fingerprint density at radius 1 is 1.09 bits per heavy atom. The van der Waals surface area contributed by atoms with Crippen LogP contribution in [0.5, 0.6) is 0 Å². The maximum atomic E-state index is 11.7. The third-order valence-electron chi connectivity index (χ3n) is 10.7. The topological polar surface area (TPSA) is 26.3 Å². The first kappa shape index (κ1) is 24.6. The number of fused-ring (bicyclic) bond motifs is 5. The summed E-state index contributed by atoms with van der Waals surface area (Å²) in [4.78, 5) is 11.7. The number of ether oxygens (including phenoxy) is 1. The minimum absolute atomic E-state index is 0.0329. The van der Waals surface area contributed by atoms with Crippen molar-refractivity contribution in [2.45, 2.75) is 111 Å². The van der Waals surface area contributed by atoms with E-state index < -0.39 is 0 Å². The number of allylic oxidation sites excluding steroid dienone is 1. The molecule has 182 valence electrons. The first-order valence-electron chi connectivity index (χ1n) is 13.6. The molecule has 4 aliphatic carbocycles. The Labute approximate surface area is 202 Å². The highest BCUT2D eigenvalue weighted by Gasteiger charge is 2.59. The van der Waals surface area contributed by atoms with Crippen LogP contribution in [-0.4, -0.2) is 18.0 Å². The molecule has 4 rings (SSSR count). The maximum Gasteiger partial charge on any atom is 0.321 e. The Bertz CT molecular complexity index is 714. The molecule has 0 amide bonds. The summed E-state index contributed by atoms with van der Waals surface area (Å²) < 4.78 is 5.63. The fraction of sp³-hybridized carbons (Fsp3) is 0.897. The molecule has 8 atom stereocenters. The normalized spacial score (nSPS) is 42.0. The van der Waals surface area contributed by atoms with Gasteiger partial charge in [-0.15, -0.1) is 11.6 Å². The molecule has 0 radical (unpaired) electrons. The highest BCUT2D eigenvalue weighted by Crippen LogP contribution is 2.67. The van der Waals surface area contributed by atoms with E-state index >= 15 is 0 Å². The molecule has 0 aromatic carbocycles. The Kier molecular flexibility index (Phi) is 7.41. The van der Waals surface area contributed by atoms with Crippen LogP contribution in [0.15, 0.2) is 11.6 Å². The van der Waals surface area contributed by atoms with Crippen LogP contribution in [0, 0.1) is 46.3 Å². The number of hydrogen-bond donors (Lipinski definition) is 0. The van der Waals surface area contributed by atoms with Gasteiger partial charge in [-0.05, 0) is 91.3 Å².